The number of phenols is 1. The SMILES string of the molecule is COc1ccc(CNc2ccc(C)c(O)c2)c(Cl)c1OC. The van der Waals surface area contributed by atoms with E-state index >= 15 is 0 Å². The van der Waals surface area contributed by atoms with Crippen LogP contribution in [0.1, 0.15) is 11.1 Å². The monoisotopic (exact) mass is 307 g/mol. The quantitative estimate of drug-likeness (QED) is 0.877. The lowest BCUT2D eigenvalue weighted by Crippen LogP contribution is -2.02. The number of nitrogens with one attached hydrogen (secondary N) is 1. The van der Waals surface area contributed by atoms with Crippen molar-refractivity contribution in [1.82, 2.24) is 0 Å². The second kappa shape index (κ2) is 6.59. The zero-order chi connectivity index (χ0) is 15.4. The fraction of sp³-hybridized carbons (Fsp3) is 0.250. The minimum absolute atomic E-state index is 0.262. The van der Waals surface area contributed by atoms with Crippen LogP contribution in [0.25, 0.3) is 0 Å². The van der Waals surface area contributed by atoms with E-state index in [1.165, 1.54) is 0 Å². The second-order valence-electron chi connectivity index (χ2n) is 4.63. The number of anilines is 1. The Morgan fingerprint density at radius 3 is 2.52 bits per heavy atom. The molecule has 0 atom stereocenters. The van der Waals surface area contributed by atoms with Gasteiger partial charge >= 0.3 is 0 Å². The van der Waals surface area contributed by atoms with E-state index in [0.29, 0.717) is 23.1 Å². The highest BCUT2D eigenvalue weighted by Crippen LogP contribution is 2.37. The Hall–Kier alpha value is -2.07. The Kier molecular flexibility index (Phi) is 4.81. The largest absolute Gasteiger partial charge is 0.508 e. The molecule has 112 valence electrons. The summed E-state index contributed by atoms with van der Waals surface area (Å²) in [6, 6.07) is 9.14. The predicted octanol–water partition coefficient (Wildman–Crippen LogP) is 3.98. The first-order chi connectivity index (χ1) is 10.1. The summed E-state index contributed by atoms with van der Waals surface area (Å²) in [6.45, 7) is 2.37. The van der Waals surface area contributed by atoms with Crippen LogP contribution in [0.3, 0.4) is 0 Å². The number of aryl methyl sites for hydroxylation is 1. The van der Waals surface area contributed by atoms with Crippen molar-refractivity contribution in [3.63, 3.8) is 0 Å². The molecule has 0 aliphatic carbocycles. The first-order valence-electron chi connectivity index (χ1n) is 6.49. The number of ether oxygens (including phenoxy) is 2. The molecule has 0 aromatic heterocycles. The highest BCUT2D eigenvalue weighted by atomic mass is 35.5. The standard InChI is InChI=1S/C16H18ClNO3/c1-10-4-6-12(8-13(10)19)18-9-11-5-7-14(20-2)16(21-3)15(11)17/h4-8,18-19H,9H2,1-3H3. The maximum atomic E-state index is 9.70. The number of halogens is 1. The van der Waals surface area contributed by atoms with Gasteiger partial charge in [-0.05, 0) is 30.2 Å². The summed E-state index contributed by atoms with van der Waals surface area (Å²) >= 11 is 6.32. The third-order valence-corrected chi connectivity index (χ3v) is 3.67. The number of methoxy groups -OCH3 is 2. The van der Waals surface area contributed by atoms with E-state index in [-0.39, 0.29) is 5.75 Å². The summed E-state index contributed by atoms with van der Waals surface area (Å²) in [6.07, 6.45) is 0. The van der Waals surface area contributed by atoms with Crippen LogP contribution in [0.2, 0.25) is 5.02 Å². The first kappa shape index (κ1) is 15.3. The fourth-order valence-electron chi connectivity index (χ4n) is 1.98. The molecule has 0 saturated carbocycles. The summed E-state index contributed by atoms with van der Waals surface area (Å²) in [4.78, 5) is 0. The lowest BCUT2D eigenvalue weighted by atomic mass is 10.1. The molecular formula is C16H18ClNO3. The van der Waals surface area contributed by atoms with Crippen LogP contribution >= 0.6 is 11.6 Å². The molecule has 0 bridgehead atoms. The van der Waals surface area contributed by atoms with Gasteiger partial charge < -0.3 is 19.9 Å². The fourth-order valence-corrected chi connectivity index (χ4v) is 2.28. The average Bonchev–Trinajstić information content (AvgIpc) is 2.49. The van der Waals surface area contributed by atoms with Gasteiger partial charge in [0.2, 0.25) is 0 Å². The van der Waals surface area contributed by atoms with E-state index in [1.807, 2.05) is 31.2 Å². The van der Waals surface area contributed by atoms with Crippen molar-refractivity contribution >= 4 is 17.3 Å². The van der Waals surface area contributed by atoms with Gasteiger partial charge in [-0.2, -0.15) is 0 Å². The Labute approximate surface area is 129 Å². The van der Waals surface area contributed by atoms with Crippen molar-refractivity contribution < 1.29 is 14.6 Å². The van der Waals surface area contributed by atoms with Crippen LogP contribution in [0.4, 0.5) is 5.69 Å². The van der Waals surface area contributed by atoms with Gasteiger partial charge in [0, 0.05) is 18.3 Å². The number of phenolic OH excluding ortho intramolecular Hbond substituents is 1. The molecule has 2 aromatic carbocycles. The van der Waals surface area contributed by atoms with Crippen LogP contribution in [-0.4, -0.2) is 19.3 Å². The van der Waals surface area contributed by atoms with E-state index in [1.54, 1.807) is 20.3 Å². The van der Waals surface area contributed by atoms with Gasteiger partial charge in [0.05, 0.1) is 19.2 Å². The zero-order valence-electron chi connectivity index (χ0n) is 12.2. The van der Waals surface area contributed by atoms with Crippen LogP contribution in [-0.2, 0) is 6.54 Å². The summed E-state index contributed by atoms with van der Waals surface area (Å²) in [5, 5.41) is 13.4. The van der Waals surface area contributed by atoms with Gasteiger partial charge in [0.15, 0.2) is 11.5 Å². The first-order valence-corrected chi connectivity index (χ1v) is 6.87. The van der Waals surface area contributed by atoms with Crippen molar-refractivity contribution in [3.05, 3.63) is 46.5 Å². The van der Waals surface area contributed by atoms with Gasteiger partial charge in [-0.3, -0.25) is 0 Å². The van der Waals surface area contributed by atoms with Crippen LogP contribution < -0.4 is 14.8 Å². The van der Waals surface area contributed by atoms with Crippen molar-refractivity contribution in [1.29, 1.82) is 0 Å². The molecule has 0 unspecified atom stereocenters. The Morgan fingerprint density at radius 2 is 1.90 bits per heavy atom. The predicted molar refractivity (Wildman–Crippen MR) is 84.7 cm³/mol. The van der Waals surface area contributed by atoms with Crippen molar-refractivity contribution in [2.24, 2.45) is 0 Å². The summed E-state index contributed by atoms with van der Waals surface area (Å²) in [7, 11) is 3.13. The molecule has 4 nitrogen and oxygen atoms in total. The number of hydrogen-bond donors (Lipinski definition) is 2. The van der Waals surface area contributed by atoms with E-state index in [2.05, 4.69) is 5.32 Å². The van der Waals surface area contributed by atoms with Crippen LogP contribution in [0, 0.1) is 6.92 Å². The third-order valence-electron chi connectivity index (χ3n) is 3.26. The molecule has 0 fully saturated rings. The third kappa shape index (κ3) is 3.34. The van der Waals surface area contributed by atoms with Crippen molar-refractivity contribution in [3.8, 4) is 17.2 Å². The highest BCUT2D eigenvalue weighted by molar-refractivity contribution is 6.33. The van der Waals surface area contributed by atoms with Gasteiger partial charge in [0.25, 0.3) is 0 Å². The molecular weight excluding hydrogens is 290 g/mol. The molecule has 0 aliphatic rings. The number of aromatic hydroxyl groups is 1. The van der Waals surface area contributed by atoms with Crippen molar-refractivity contribution in [2.75, 3.05) is 19.5 Å². The van der Waals surface area contributed by atoms with E-state index in [4.69, 9.17) is 21.1 Å². The number of rotatable bonds is 5. The molecule has 0 spiro atoms. The molecule has 2 aromatic rings. The molecule has 0 heterocycles. The second-order valence-corrected chi connectivity index (χ2v) is 5.01. The lowest BCUT2D eigenvalue weighted by Gasteiger charge is -2.14. The smallest absolute Gasteiger partial charge is 0.179 e. The van der Waals surface area contributed by atoms with Gasteiger partial charge in [-0.25, -0.2) is 0 Å². The summed E-state index contributed by atoms with van der Waals surface area (Å²) in [5.41, 5.74) is 2.54. The molecule has 0 amide bonds. The average molecular weight is 308 g/mol. The highest BCUT2D eigenvalue weighted by Gasteiger charge is 2.12. The van der Waals surface area contributed by atoms with Gasteiger partial charge in [-0.15, -0.1) is 0 Å². The molecule has 2 N–H and O–H groups in total. The van der Waals surface area contributed by atoms with Gasteiger partial charge in [0.1, 0.15) is 5.75 Å². The van der Waals surface area contributed by atoms with Gasteiger partial charge in [-0.1, -0.05) is 23.7 Å². The topological polar surface area (TPSA) is 50.7 Å². The lowest BCUT2D eigenvalue weighted by molar-refractivity contribution is 0.355. The van der Waals surface area contributed by atoms with Crippen LogP contribution in [0.15, 0.2) is 30.3 Å². The summed E-state index contributed by atoms with van der Waals surface area (Å²) < 4.78 is 10.5. The van der Waals surface area contributed by atoms with Crippen molar-refractivity contribution in [2.45, 2.75) is 13.5 Å². The number of hydrogen-bond acceptors (Lipinski definition) is 4. The normalized spacial score (nSPS) is 10.3. The minimum atomic E-state index is 0.262. The Bertz CT molecular complexity index is 644. The summed E-state index contributed by atoms with van der Waals surface area (Å²) in [5.74, 6) is 1.38. The number of benzene rings is 2. The van der Waals surface area contributed by atoms with E-state index in [9.17, 15) is 5.11 Å². The van der Waals surface area contributed by atoms with E-state index < -0.39 is 0 Å². The van der Waals surface area contributed by atoms with E-state index in [0.717, 1.165) is 16.8 Å². The Balaban J connectivity index is 2.18. The molecule has 21 heavy (non-hydrogen) atoms. The molecule has 0 radical (unpaired) electrons. The van der Waals surface area contributed by atoms with Crippen LogP contribution in [0.5, 0.6) is 17.2 Å². The molecule has 0 aliphatic heterocycles. The maximum Gasteiger partial charge on any atom is 0.179 e. The molecule has 5 heteroatoms. The zero-order valence-corrected chi connectivity index (χ0v) is 13.0. The maximum absolute atomic E-state index is 9.70. The molecule has 2 rings (SSSR count). The Morgan fingerprint density at radius 1 is 1.14 bits per heavy atom. The minimum Gasteiger partial charge on any atom is -0.508 e. The molecule has 0 saturated heterocycles.